The van der Waals surface area contributed by atoms with Crippen molar-refractivity contribution >= 4 is 9.84 Å². The quantitative estimate of drug-likeness (QED) is 0.805. The lowest BCUT2D eigenvalue weighted by Gasteiger charge is -2.15. The second kappa shape index (κ2) is 5.63. The summed E-state index contributed by atoms with van der Waals surface area (Å²) >= 11 is 0. The van der Waals surface area contributed by atoms with E-state index in [0.29, 0.717) is 12.7 Å². The zero-order valence-electron chi connectivity index (χ0n) is 11.8. The van der Waals surface area contributed by atoms with Crippen LogP contribution in [0.4, 0.5) is 0 Å². The van der Waals surface area contributed by atoms with Gasteiger partial charge in [-0.25, -0.2) is 8.42 Å². The molecule has 1 saturated carbocycles. The topological polar surface area (TPSA) is 43.4 Å². The lowest BCUT2D eigenvalue weighted by atomic mass is 10.0. The lowest BCUT2D eigenvalue weighted by Crippen LogP contribution is -2.18. The molecule has 1 fully saturated rings. The molecule has 1 unspecified atom stereocenters. The van der Waals surface area contributed by atoms with Crippen LogP contribution in [-0.4, -0.2) is 26.9 Å². The summed E-state index contributed by atoms with van der Waals surface area (Å²) in [5, 5.41) is -0.463. The predicted octanol–water partition coefficient (Wildman–Crippen LogP) is 2.96. The van der Waals surface area contributed by atoms with Crippen LogP contribution in [0.2, 0.25) is 0 Å². The molecule has 0 radical (unpaired) electrons. The molecule has 0 bridgehead atoms. The zero-order chi connectivity index (χ0) is 14.0. The first-order chi connectivity index (χ1) is 8.90. The molecule has 1 aromatic rings. The van der Waals surface area contributed by atoms with Crippen LogP contribution >= 0.6 is 0 Å². The van der Waals surface area contributed by atoms with E-state index in [9.17, 15) is 8.42 Å². The van der Waals surface area contributed by atoms with Crippen molar-refractivity contribution in [1.82, 2.24) is 0 Å². The van der Waals surface area contributed by atoms with Gasteiger partial charge in [0.1, 0.15) is 0 Å². The van der Waals surface area contributed by atoms with Crippen molar-refractivity contribution in [2.24, 2.45) is 0 Å². The first-order valence-electron chi connectivity index (χ1n) is 6.80. The number of sulfone groups is 1. The fourth-order valence-electron chi connectivity index (χ4n) is 1.97. The highest BCUT2D eigenvalue weighted by Crippen LogP contribution is 2.26. The Kier molecular flexibility index (Phi) is 4.31. The molecule has 0 aliphatic heterocycles. The standard InChI is InChI=1S/C15H22O3S/c1-11-4-5-14(10-12(11)2)13(3)19(16,17)9-8-18-15-6-7-15/h4-5,10,13,15H,6-9H2,1-3H3. The van der Waals surface area contributed by atoms with Gasteiger partial charge in [-0.2, -0.15) is 0 Å². The molecule has 0 aromatic heterocycles. The molecule has 106 valence electrons. The Bertz CT molecular complexity index is 545. The maximum absolute atomic E-state index is 12.2. The Morgan fingerprint density at radius 1 is 1.26 bits per heavy atom. The van der Waals surface area contributed by atoms with E-state index in [0.717, 1.165) is 24.0 Å². The SMILES string of the molecule is Cc1ccc(C(C)S(=O)(=O)CCOC2CC2)cc1C. The summed E-state index contributed by atoms with van der Waals surface area (Å²) in [4.78, 5) is 0. The maximum atomic E-state index is 12.2. The second-order valence-electron chi connectivity index (χ2n) is 5.42. The first-order valence-corrected chi connectivity index (χ1v) is 8.52. The summed E-state index contributed by atoms with van der Waals surface area (Å²) in [5.41, 5.74) is 3.19. The van der Waals surface area contributed by atoms with Gasteiger partial charge >= 0.3 is 0 Å². The molecule has 0 spiro atoms. The Morgan fingerprint density at radius 2 is 1.95 bits per heavy atom. The fourth-order valence-corrected chi connectivity index (χ4v) is 3.21. The zero-order valence-corrected chi connectivity index (χ0v) is 12.7. The van der Waals surface area contributed by atoms with Gasteiger partial charge in [-0.1, -0.05) is 18.2 Å². The smallest absolute Gasteiger partial charge is 0.159 e. The molecular formula is C15H22O3S. The summed E-state index contributed by atoms with van der Waals surface area (Å²) in [7, 11) is -3.14. The van der Waals surface area contributed by atoms with Crippen LogP contribution in [0.5, 0.6) is 0 Å². The predicted molar refractivity (Wildman–Crippen MR) is 77.1 cm³/mol. The van der Waals surface area contributed by atoms with Gasteiger partial charge in [-0.05, 0) is 50.3 Å². The van der Waals surface area contributed by atoms with Crippen molar-refractivity contribution in [2.45, 2.75) is 45.0 Å². The van der Waals surface area contributed by atoms with Gasteiger partial charge in [-0.15, -0.1) is 0 Å². The van der Waals surface area contributed by atoms with Crippen molar-refractivity contribution in [3.63, 3.8) is 0 Å². The van der Waals surface area contributed by atoms with Crippen molar-refractivity contribution in [1.29, 1.82) is 0 Å². The van der Waals surface area contributed by atoms with E-state index in [2.05, 4.69) is 0 Å². The number of aryl methyl sites for hydroxylation is 2. The molecule has 0 saturated heterocycles. The third kappa shape index (κ3) is 3.80. The van der Waals surface area contributed by atoms with Crippen LogP contribution in [0.25, 0.3) is 0 Å². The molecule has 1 aliphatic carbocycles. The van der Waals surface area contributed by atoms with E-state index >= 15 is 0 Å². The molecule has 1 aromatic carbocycles. The van der Waals surface area contributed by atoms with Crippen LogP contribution in [0.15, 0.2) is 18.2 Å². The number of benzene rings is 1. The number of rotatable bonds is 6. The Morgan fingerprint density at radius 3 is 2.53 bits per heavy atom. The minimum absolute atomic E-state index is 0.109. The highest BCUT2D eigenvalue weighted by molar-refractivity contribution is 7.91. The van der Waals surface area contributed by atoms with Crippen molar-refractivity contribution in [2.75, 3.05) is 12.4 Å². The fraction of sp³-hybridized carbons (Fsp3) is 0.600. The third-order valence-electron chi connectivity index (χ3n) is 3.78. The van der Waals surface area contributed by atoms with E-state index in [4.69, 9.17) is 4.74 Å². The average Bonchev–Trinajstić information content (AvgIpc) is 3.15. The van der Waals surface area contributed by atoms with Gasteiger partial charge in [0.15, 0.2) is 9.84 Å². The third-order valence-corrected chi connectivity index (χ3v) is 5.87. The molecule has 4 heteroatoms. The Balaban J connectivity index is 2.02. The molecule has 19 heavy (non-hydrogen) atoms. The molecule has 1 atom stereocenters. The van der Waals surface area contributed by atoms with Crippen LogP contribution in [0.3, 0.4) is 0 Å². The first kappa shape index (κ1) is 14.5. The average molecular weight is 282 g/mol. The number of hydrogen-bond acceptors (Lipinski definition) is 3. The minimum Gasteiger partial charge on any atom is -0.377 e. The highest BCUT2D eigenvalue weighted by atomic mass is 32.2. The number of hydrogen-bond donors (Lipinski definition) is 0. The van der Waals surface area contributed by atoms with Gasteiger partial charge in [0.05, 0.1) is 23.7 Å². The van der Waals surface area contributed by atoms with E-state index in [-0.39, 0.29) is 5.75 Å². The van der Waals surface area contributed by atoms with E-state index in [1.165, 1.54) is 5.56 Å². The van der Waals surface area contributed by atoms with Gasteiger partial charge in [-0.3, -0.25) is 0 Å². The summed E-state index contributed by atoms with van der Waals surface area (Å²) in [5.74, 6) is 0.109. The van der Waals surface area contributed by atoms with Crippen LogP contribution < -0.4 is 0 Å². The van der Waals surface area contributed by atoms with Crippen molar-refractivity contribution in [3.8, 4) is 0 Å². The Labute approximate surface area is 115 Å². The van der Waals surface area contributed by atoms with Crippen LogP contribution in [-0.2, 0) is 14.6 Å². The summed E-state index contributed by atoms with van der Waals surface area (Å²) in [6.07, 6.45) is 2.46. The van der Waals surface area contributed by atoms with Gasteiger partial charge in [0, 0.05) is 0 Å². The Hall–Kier alpha value is -0.870. The van der Waals surface area contributed by atoms with E-state index < -0.39 is 15.1 Å². The normalized spacial score (nSPS) is 17.4. The van der Waals surface area contributed by atoms with Crippen LogP contribution in [0, 0.1) is 13.8 Å². The molecule has 0 N–H and O–H groups in total. The lowest BCUT2D eigenvalue weighted by molar-refractivity contribution is 0.134. The second-order valence-corrected chi connectivity index (χ2v) is 7.86. The van der Waals surface area contributed by atoms with E-state index in [1.807, 2.05) is 32.0 Å². The van der Waals surface area contributed by atoms with Crippen LogP contribution in [0.1, 0.15) is 41.7 Å². The van der Waals surface area contributed by atoms with Gasteiger partial charge < -0.3 is 4.74 Å². The van der Waals surface area contributed by atoms with Gasteiger partial charge in [0.2, 0.25) is 0 Å². The van der Waals surface area contributed by atoms with Gasteiger partial charge in [0.25, 0.3) is 0 Å². The largest absolute Gasteiger partial charge is 0.377 e. The molecule has 3 nitrogen and oxygen atoms in total. The highest BCUT2D eigenvalue weighted by Gasteiger charge is 2.26. The summed E-state index contributed by atoms with van der Waals surface area (Å²) in [6, 6.07) is 5.86. The van der Waals surface area contributed by atoms with Crippen molar-refractivity contribution < 1.29 is 13.2 Å². The molecule has 1 aliphatic rings. The minimum atomic E-state index is -3.14. The molecular weight excluding hydrogens is 260 g/mol. The number of ether oxygens (including phenoxy) is 1. The maximum Gasteiger partial charge on any atom is 0.159 e. The monoisotopic (exact) mass is 282 g/mol. The molecule has 0 heterocycles. The van der Waals surface area contributed by atoms with E-state index in [1.54, 1.807) is 6.92 Å². The van der Waals surface area contributed by atoms with Crippen molar-refractivity contribution in [3.05, 3.63) is 34.9 Å². The molecule has 0 amide bonds. The summed E-state index contributed by atoms with van der Waals surface area (Å²) in [6.45, 7) is 6.12. The summed E-state index contributed by atoms with van der Waals surface area (Å²) < 4.78 is 29.9. The molecule has 2 rings (SSSR count).